The Labute approximate surface area is 147 Å². The summed E-state index contributed by atoms with van der Waals surface area (Å²) in [6.45, 7) is 4.52. The smallest absolute Gasteiger partial charge is 0.208 e. The molecule has 0 saturated heterocycles. The molecule has 0 amide bonds. The van der Waals surface area contributed by atoms with Crippen LogP contribution in [0.2, 0.25) is 0 Å². The highest BCUT2D eigenvalue weighted by atomic mass is 79.9. The molecular formula is C15H25BrN4O2S. The highest BCUT2D eigenvalue weighted by Gasteiger charge is 2.06. The molecule has 0 heterocycles. The molecule has 0 aromatic heterocycles. The summed E-state index contributed by atoms with van der Waals surface area (Å²) in [6.07, 6.45) is 1.82. The second kappa shape index (κ2) is 9.89. The Morgan fingerprint density at radius 3 is 2.52 bits per heavy atom. The number of hydrogen-bond donors (Lipinski definition) is 2. The number of rotatable bonds is 8. The zero-order valence-electron chi connectivity index (χ0n) is 13.8. The van der Waals surface area contributed by atoms with E-state index in [4.69, 9.17) is 0 Å². The van der Waals surface area contributed by atoms with Gasteiger partial charge >= 0.3 is 0 Å². The first-order valence-electron chi connectivity index (χ1n) is 7.50. The monoisotopic (exact) mass is 404 g/mol. The van der Waals surface area contributed by atoms with Crippen molar-refractivity contribution in [3.63, 3.8) is 0 Å². The van der Waals surface area contributed by atoms with Crippen LogP contribution < -0.4 is 10.0 Å². The molecular weight excluding hydrogens is 380 g/mol. The van der Waals surface area contributed by atoms with Gasteiger partial charge in [0.05, 0.1) is 6.26 Å². The summed E-state index contributed by atoms with van der Waals surface area (Å²) in [5.74, 6) is 0.815. The van der Waals surface area contributed by atoms with Crippen molar-refractivity contribution in [3.8, 4) is 0 Å². The summed E-state index contributed by atoms with van der Waals surface area (Å²) in [5, 5.41) is 3.25. The molecule has 1 aromatic carbocycles. The lowest BCUT2D eigenvalue weighted by Crippen LogP contribution is -2.38. The maximum Gasteiger partial charge on any atom is 0.208 e. The molecule has 0 atom stereocenters. The van der Waals surface area contributed by atoms with E-state index in [1.54, 1.807) is 0 Å². The lowest BCUT2D eigenvalue weighted by Gasteiger charge is -2.22. The number of hydrogen-bond acceptors (Lipinski definition) is 3. The normalized spacial score (nSPS) is 12.3. The molecule has 23 heavy (non-hydrogen) atoms. The van der Waals surface area contributed by atoms with Gasteiger partial charge in [0.25, 0.3) is 0 Å². The Hall–Kier alpha value is -1.12. The molecule has 6 nitrogen and oxygen atoms in total. The third kappa shape index (κ3) is 8.92. The van der Waals surface area contributed by atoms with Crippen molar-refractivity contribution in [3.05, 3.63) is 34.3 Å². The first kappa shape index (κ1) is 19.9. The van der Waals surface area contributed by atoms with E-state index in [9.17, 15) is 8.42 Å². The lowest BCUT2D eigenvalue weighted by atomic mass is 10.2. The van der Waals surface area contributed by atoms with E-state index < -0.39 is 10.0 Å². The van der Waals surface area contributed by atoms with Crippen molar-refractivity contribution < 1.29 is 8.42 Å². The third-order valence-electron chi connectivity index (χ3n) is 2.99. The van der Waals surface area contributed by atoms with E-state index in [0.717, 1.165) is 29.8 Å². The van der Waals surface area contributed by atoms with Gasteiger partial charge in [0.2, 0.25) is 10.0 Å². The predicted molar refractivity (Wildman–Crippen MR) is 99.1 cm³/mol. The average molecular weight is 405 g/mol. The Morgan fingerprint density at radius 1 is 1.30 bits per heavy atom. The summed E-state index contributed by atoms with van der Waals surface area (Å²) in [5.41, 5.74) is 1.19. The Bertz CT molecular complexity index is 602. The van der Waals surface area contributed by atoms with Crippen LogP contribution in [0.1, 0.15) is 18.9 Å². The maximum atomic E-state index is 11.0. The quantitative estimate of drug-likeness (QED) is 0.393. The van der Waals surface area contributed by atoms with Crippen LogP contribution in [-0.2, 0) is 16.6 Å². The molecule has 0 aliphatic rings. The highest BCUT2D eigenvalue weighted by molar-refractivity contribution is 9.10. The topological polar surface area (TPSA) is 73.8 Å². The minimum atomic E-state index is -3.12. The van der Waals surface area contributed by atoms with Gasteiger partial charge in [-0.1, -0.05) is 28.1 Å². The predicted octanol–water partition coefficient (Wildman–Crippen LogP) is 1.79. The summed E-state index contributed by atoms with van der Waals surface area (Å²) >= 11 is 3.43. The number of halogens is 1. The third-order valence-corrected chi connectivity index (χ3v) is 4.25. The molecule has 0 spiro atoms. The second-order valence-corrected chi connectivity index (χ2v) is 7.99. The van der Waals surface area contributed by atoms with Gasteiger partial charge in [-0.05, 0) is 31.0 Å². The first-order valence-corrected chi connectivity index (χ1v) is 10.2. The molecule has 0 aliphatic carbocycles. The van der Waals surface area contributed by atoms with E-state index in [1.807, 2.05) is 26.1 Å². The molecule has 1 aromatic rings. The van der Waals surface area contributed by atoms with Gasteiger partial charge in [-0.2, -0.15) is 0 Å². The van der Waals surface area contributed by atoms with Crippen LogP contribution in [0, 0.1) is 0 Å². The fourth-order valence-electron chi connectivity index (χ4n) is 1.93. The molecule has 0 unspecified atom stereocenters. The van der Waals surface area contributed by atoms with Crippen molar-refractivity contribution >= 4 is 31.9 Å². The van der Waals surface area contributed by atoms with Crippen LogP contribution in [0.5, 0.6) is 0 Å². The number of nitrogens with zero attached hydrogens (tertiary/aromatic N) is 2. The summed E-state index contributed by atoms with van der Waals surface area (Å²) < 4.78 is 25.5. The van der Waals surface area contributed by atoms with Crippen LogP contribution in [0.25, 0.3) is 0 Å². The zero-order chi connectivity index (χ0) is 17.3. The SMILES string of the molecule is CCNC(=NCCCNS(C)(=O)=O)N(C)Cc1ccc(Br)cc1. The number of benzene rings is 1. The van der Waals surface area contributed by atoms with Gasteiger partial charge < -0.3 is 10.2 Å². The van der Waals surface area contributed by atoms with Gasteiger partial charge in [-0.25, -0.2) is 13.1 Å². The van der Waals surface area contributed by atoms with Crippen molar-refractivity contribution in [1.29, 1.82) is 0 Å². The van der Waals surface area contributed by atoms with Gasteiger partial charge in [0.15, 0.2) is 5.96 Å². The van der Waals surface area contributed by atoms with Crippen molar-refractivity contribution in [2.75, 3.05) is 32.9 Å². The van der Waals surface area contributed by atoms with Gasteiger partial charge in [0.1, 0.15) is 0 Å². The minimum Gasteiger partial charge on any atom is -0.357 e. The molecule has 0 radical (unpaired) electrons. The van der Waals surface area contributed by atoms with E-state index in [0.29, 0.717) is 19.5 Å². The number of sulfonamides is 1. The number of aliphatic imine (C=N–C) groups is 1. The van der Waals surface area contributed by atoms with Crippen LogP contribution in [0.4, 0.5) is 0 Å². The van der Waals surface area contributed by atoms with Crippen molar-refractivity contribution in [1.82, 2.24) is 14.9 Å². The molecule has 0 bridgehead atoms. The summed E-state index contributed by atoms with van der Waals surface area (Å²) in [7, 11) is -1.14. The molecule has 0 fully saturated rings. The fraction of sp³-hybridized carbons (Fsp3) is 0.533. The van der Waals surface area contributed by atoms with E-state index in [1.165, 1.54) is 5.56 Å². The highest BCUT2D eigenvalue weighted by Crippen LogP contribution is 2.11. The molecule has 1 rings (SSSR count). The second-order valence-electron chi connectivity index (χ2n) is 5.24. The standard InChI is InChI=1S/C15H25BrN4O2S/c1-4-17-15(18-10-5-11-19-23(3,21)22)20(2)12-13-6-8-14(16)9-7-13/h6-9,19H,4-5,10-12H2,1-3H3,(H,17,18). The van der Waals surface area contributed by atoms with Crippen LogP contribution in [-0.4, -0.2) is 52.2 Å². The summed E-state index contributed by atoms with van der Waals surface area (Å²) in [4.78, 5) is 6.59. The molecule has 0 aliphatic heterocycles. The van der Waals surface area contributed by atoms with Crippen LogP contribution in [0.3, 0.4) is 0 Å². The molecule has 130 valence electrons. The Kier molecular flexibility index (Phi) is 8.57. The average Bonchev–Trinajstić information content (AvgIpc) is 2.47. The molecule has 0 saturated carbocycles. The minimum absolute atomic E-state index is 0.401. The largest absolute Gasteiger partial charge is 0.357 e. The van der Waals surface area contributed by atoms with Crippen molar-refractivity contribution in [2.24, 2.45) is 4.99 Å². The van der Waals surface area contributed by atoms with Gasteiger partial charge in [0, 0.05) is 37.7 Å². The van der Waals surface area contributed by atoms with Crippen LogP contribution in [0.15, 0.2) is 33.7 Å². The number of guanidine groups is 1. The Balaban J connectivity index is 2.54. The van der Waals surface area contributed by atoms with Crippen molar-refractivity contribution in [2.45, 2.75) is 19.9 Å². The number of nitrogens with one attached hydrogen (secondary N) is 2. The first-order chi connectivity index (χ1) is 10.8. The molecule has 2 N–H and O–H groups in total. The van der Waals surface area contributed by atoms with E-state index in [-0.39, 0.29) is 0 Å². The maximum absolute atomic E-state index is 11.0. The Morgan fingerprint density at radius 2 is 1.96 bits per heavy atom. The fourth-order valence-corrected chi connectivity index (χ4v) is 2.71. The van der Waals surface area contributed by atoms with E-state index >= 15 is 0 Å². The van der Waals surface area contributed by atoms with Gasteiger partial charge in [-0.15, -0.1) is 0 Å². The summed E-state index contributed by atoms with van der Waals surface area (Å²) in [6, 6.07) is 8.18. The van der Waals surface area contributed by atoms with E-state index in [2.05, 4.69) is 48.0 Å². The van der Waals surface area contributed by atoms with Gasteiger partial charge in [-0.3, -0.25) is 4.99 Å². The van der Waals surface area contributed by atoms with Crippen LogP contribution >= 0.6 is 15.9 Å². The molecule has 8 heteroatoms. The lowest BCUT2D eigenvalue weighted by molar-refractivity contribution is 0.476. The zero-order valence-corrected chi connectivity index (χ0v) is 16.2.